The number of amides is 3. The molecule has 0 aromatic carbocycles. The second-order valence-corrected chi connectivity index (χ2v) is 3.76. The Kier molecular flexibility index (Phi) is 4.89. The Labute approximate surface area is 101 Å². The molecule has 1 aromatic heterocycles. The molecule has 7 heteroatoms. The van der Waals surface area contributed by atoms with Gasteiger partial charge >= 0.3 is 12.0 Å². The normalized spacial score (nSPS) is 10.1. The van der Waals surface area contributed by atoms with E-state index in [1.54, 1.807) is 0 Å². The van der Waals surface area contributed by atoms with Crippen molar-refractivity contribution in [2.45, 2.75) is 6.54 Å². The molecule has 0 saturated carbocycles. The lowest BCUT2D eigenvalue weighted by Crippen LogP contribution is -2.38. The summed E-state index contributed by atoms with van der Waals surface area (Å²) in [6.45, 7) is 0.311. The number of carbonyl (C=O) groups is 3. The maximum absolute atomic E-state index is 11.2. The number of carboxylic acid groups (broad SMARTS) is 1. The molecule has 0 unspecified atom stereocenters. The minimum absolute atomic E-state index is 0.311. The highest BCUT2D eigenvalue weighted by Crippen LogP contribution is 2.04. The summed E-state index contributed by atoms with van der Waals surface area (Å²) in [7, 11) is 0. The third kappa shape index (κ3) is 5.47. The van der Waals surface area contributed by atoms with E-state index in [-0.39, 0.29) is 0 Å². The van der Waals surface area contributed by atoms with E-state index >= 15 is 0 Å². The second kappa shape index (κ2) is 6.44. The number of carbonyl (C=O) groups excluding carboxylic acids is 2. The summed E-state index contributed by atoms with van der Waals surface area (Å²) in [6.07, 6.45) is 1.42. The first-order valence-corrected chi connectivity index (χ1v) is 5.53. The van der Waals surface area contributed by atoms with Crippen LogP contribution in [0.2, 0.25) is 0 Å². The number of hydrogen-bond donors (Lipinski definition) is 3. The molecular formula is C10H10N2O4S. The molecule has 0 atom stereocenters. The van der Waals surface area contributed by atoms with Gasteiger partial charge in [0.15, 0.2) is 0 Å². The third-order valence-electron chi connectivity index (χ3n) is 1.65. The van der Waals surface area contributed by atoms with E-state index in [4.69, 9.17) is 5.11 Å². The average molecular weight is 254 g/mol. The number of urea groups is 1. The zero-order chi connectivity index (χ0) is 12.7. The minimum atomic E-state index is -1.25. The van der Waals surface area contributed by atoms with Gasteiger partial charge in [0.2, 0.25) is 0 Å². The standard InChI is InChI=1S/C10H10N2O4S/c13-8(1-2-9(14)15)12-10(16)11-5-7-3-4-17-6-7/h1-4,6H,5H2,(H,14,15)(H2,11,12,13,16)/b2-1+. The van der Waals surface area contributed by atoms with E-state index in [0.717, 1.165) is 11.6 Å². The molecule has 0 aliphatic carbocycles. The lowest BCUT2D eigenvalue weighted by molar-refractivity contribution is -0.131. The van der Waals surface area contributed by atoms with Crippen LogP contribution in [0.5, 0.6) is 0 Å². The molecule has 90 valence electrons. The van der Waals surface area contributed by atoms with Crippen LogP contribution in [0.1, 0.15) is 5.56 Å². The quantitative estimate of drug-likeness (QED) is 0.690. The van der Waals surface area contributed by atoms with Gasteiger partial charge in [-0.1, -0.05) is 0 Å². The van der Waals surface area contributed by atoms with Gasteiger partial charge in [0.05, 0.1) is 0 Å². The van der Waals surface area contributed by atoms with E-state index in [0.29, 0.717) is 12.6 Å². The van der Waals surface area contributed by atoms with Crippen molar-refractivity contribution in [3.8, 4) is 0 Å². The average Bonchev–Trinajstić information content (AvgIpc) is 2.76. The number of hydrogen-bond acceptors (Lipinski definition) is 4. The third-order valence-corrected chi connectivity index (χ3v) is 2.38. The topological polar surface area (TPSA) is 95.5 Å². The Morgan fingerprint density at radius 2 is 2.12 bits per heavy atom. The summed E-state index contributed by atoms with van der Waals surface area (Å²) in [5.74, 6) is -2.03. The van der Waals surface area contributed by atoms with Gasteiger partial charge in [-0.3, -0.25) is 10.1 Å². The summed E-state index contributed by atoms with van der Waals surface area (Å²) in [5, 5.41) is 16.4. The number of imide groups is 1. The van der Waals surface area contributed by atoms with Crippen molar-refractivity contribution < 1.29 is 19.5 Å². The van der Waals surface area contributed by atoms with Crippen molar-refractivity contribution in [1.82, 2.24) is 10.6 Å². The van der Waals surface area contributed by atoms with Gasteiger partial charge in [-0.25, -0.2) is 9.59 Å². The Bertz CT molecular complexity index is 439. The van der Waals surface area contributed by atoms with Gasteiger partial charge in [0.25, 0.3) is 5.91 Å². The zero-order valence-electron chi connectivity index (χ0n) is 8.67. The summed E-state index contributed by atoms with van der Waals surface area (Å²) in [6, 6.07) is 1.17. The summed E-state index contributed by atoms with van der Waals surface area (Å²) >= 11 is 1.50. The van der Waals surface area contributed by atoms with Gasteiger partial charge < -0.3 is 10.4 Å². The molecule has 1 heterocycles. The predicted octanol–water partition coefficient (Wildman–Crippen LogP) is 0.715. The molecule has 6 nitrogen and oxygen atoms in total. The van der Waals surface area contributed by atoms with Gasteiger partial charge in [0.1, 0.15) is 0 Å². The van der Waals surface area contributed by atoms with E-state index in [1.807, 2.05) is 22.1 Å². The molecule has 0 fully saturated rings. The van der Waals surface area contributed by atoms with Crippen LogP contribution >= 0.6 is 11.3 Å². The van der Waals surface area contributed by atoms with Gasteiger partial charge in [0, 0.05) is 18.7 Å². The first kappa shape index (κ1) is 12.9. The Morgan fingerprint density at radius 3 is 2.71 bits per heavy atom. The van der Waals surface area contributed by atoms with E-state index in [9.17, 15) is 14.4 Å². The van der Waals surface area contributed by atoms with Crippen molar-refractivity contribution >= 4 is 29.2 Å². The highest BCUT2D eigenvalue weighted by atomic mass is 32.1. The van der Waals surface area contributed by atoms with Crippen LogP contribution in [0, 0.1) is 0 Å². The largest absolute Gasteiger partial charge is 0.478 e. The number of thiophene rings is 1. The first-order valence-electron chi connectivity index (χ1n) is 4.59. The summed E-state index contributed by atoms with van der Waals surface area (Å²) in [5.41, 5.74) is 0.929. The lowest BCUT2D eigenvalue weighted by atomic mass is 10.3. The first-order chi connectivity index (χ1) is 8.08. The molecule has 1 rings (SSSR count). The van der Waals surface area contributed by atoms with Crippen LogP contribution in [-0.4, -0.2) is 23.0 Å². The van der Waals surface area contributed by atoms with Crippen molar-refractivity contribution in [3.63, 3.8) is 0 Å². The molecule has 0 radical (unpaired) electrons. The van der Waals surface area contributed by atoms with Crippen LogP contribution < -0.4 is 10.6 Å². The van der Waals surface area contributed by atoms with Crippen molar-refractivity contribution in [1.29, 1.82) is 0 Å². The lowest BCUT2D eigenvalue weighted by Gasteiger charge is -2.03. The molecule has 0 bridgehead atoms. The minimum Gasteiger partial charge on any atom is -0.478 e. The second-order valence-electron chi connectivity index (χ2n) is 2.98. The molecule has 1 aromatic rings. The van der Waals surface area contributed by atoms with Gasteiger partial charge in [-0.05, 0) is 22.4 Å². The predicted molar refractivity (Wildman–Crippen MR) is 61.5 cm³/mol. The van der Waals surface area contributed by atoms with Crippen molar-refractivity contribution in [2.24, 2.45) is 0 Å². The molecule has 0 saturated heterocycles. The fourth-order valence-electron chi connectivity index (χ4n) is 0.920. The maximum Gasteiger partial charge on any atom is 0.328 e. The molecule has 0 spiro atoms. The van der Waals surface area contributed by atoms with Gasteiger partial charge in [-0.15, -0.1) is 0 Å². The van der Waals surface area contributed by atoms with Gasteiger partial charge in [-0.2, -0.15) is 11.3 Å². The number of rotatable bonds is 4. The molecular weight excluding hydrogens is 244 g/mol. The fraction of sp³-hybridized carbons (Fsp3) is 0.100. The Balaban J connectivity index is 2.29. The van der Waals surface area contributed by atoms with Crippen LogP contribution in [0.25, 0.3) is 0 Å². The SMILES string of the molecule is O=C(O)/C=C/C(=O)NC(=O)NCc1ccsc1. The summed E-state index contributed by atoms with van der Waals surface area (Å²) < 4.78 is 0. The van der Waals surface area contributed by atoms with Crippen molar-refractivity contribution in [3.05, 3.63) is 34.5 Å². The smallest absolute Gasteiger partial charge is 0.328 e. The van der Waals surface area contributed by atoms with E-state index in [2.05, 4.69) is 5.32 Å². The van der Waals surface area contributed by atoms with E-state index in [1.165, 1.54) is 11.3 Å². The van der Waals surface area contributed by atoms with E-state index < -0.39 is 17.9 Å². The van der Waals surface area contributed by atoms with Crippen LogP contribution in [-0.2, 0) is 16.1 Å². The van der Waals surface area contributed by atoms with Crippen LogP contribution in [0.4, 0.5) is 4.79 Å². The Morgan fingerprint density at radius 1 is 1.35 bits per heavy atom. The monoisotopic (exact) mass is 254 g/mol. The van der Waals surface area contributed by atoms with Crippen LogP contribution in [0.3, 0.4) is 0 Å². The highest BCUT2D eigenvalue weighted by molar-refractivity contribution is 7.07. The molecule has 3 amide bonds. The molecule has 0 aliphatic rings. The molecule has 0 aliphatic heterocycles. The highest BCUT2D eigenvalue weighted by Gasteiger charge is 2.04. The molecule has 17 heavy (non-hydrogen) atoms. The van der Waals surface area contributed by atoms with Crippen LogP contribution in [0.15, 0.2) is 29.0 Å². The number of nitrogens with one attached hydrogen (secondary N) is 2. The zero-order valence-corrected chi connectivity index (χ0v) is 9.49. The maximum atomic E-state index is 11.2. The Hall–Kier alpha value is -2.15. The summed E-state index contributed by atoms with van der Waals surface area (Å²) in [4.78, 5) is 32.3. The number of aliphatic carboxylic acids is 1. The number of carboxylic acids is 1. The fourth-order valence-corrected chi connectivity index (χ4v) is 1.59. The molecule has 3 N–H and O–H groups in total. The van der Waals surface area contributed by atoms with Crippen molar-refractivity contribution in [2.75, 3.05) is 0 Å².